The van der Waals surface area contributed by atoms with Crippen molar-refractivity contribution in [3.8, 4) is 5.75 Å². The quantitative estimate of drug-likeness (QED) is 0.766. The molecule has 1 amide bonds. The minimum atomic E-state index is -1.18. The maximum Gasteiger partial charge on any atom is 0.339 e. The van der Waals surface area contributed by atoms with Crippen LogP contribution in [0.2, 0.25) is 0 Å². The minimum absolute atomic E-state index is 0.0700. The van der Waals surface area contributed by atoms with Crippen LogP contribution < -0.4 is 5.32 Å². The number of carboxylic acids is 1. The summed E-state index contributed by atoms with van der Waals surface area (Å²) in [5.74, 6) is -1.63. The molecule has 0 radical (unpaired) electrons. The Labute approximate surface area is 129 Å². The molecule has 1 aromatic carbocycles. The van der Waals surface area contributed by atoms with Gasteiger partial charge in [0.25, 0.3) is 0 Å². The van der Waals surface area contributed by atoms with Gasteiger partial charge in [-0.05, 0) is 12.5 Å². The number of para-hydroxylation sites is 1. The number of rotatable bonds is 5. The normalized spacial score (nSPS) is 18.2. The first-order valence-electron chi connectivity index (χ1n) is 7.24. The number of nitrogens with one attached hydrogen (secondary N) is 1. The van der Waals surface area contributed by atoms with Crippen LogP contribution in [0, 0.1) is 5.92 Å². The van der Waals surface area contributed by atoms with Gasteiger partial charge in [-0.2, -0.15) is 0 Å². The van der Waals surface area contributed by atoms with E-state index in [0.717, 1.165) is 0 Å². The minimum Gasteiger partial charge on any atom is -0.507 e. The molecule has 1 heterocycles. The highest BCUT2D eigenvalue weighted by Crippen LogP contribution is 2.33. The number of ether oxygens (including phenoxy) is 1. The summed E-state index contributed by atoms with van der Waals surface area (Å²) in [6.45, 7) is 5.03. The van der Waals surface area contributed by atoms with Crippen LogP contribution in [0.4, 0.5) is 0 Å². The van der Waals surface area contributed by atoms with Crippen LogP contribution in [-0.2, 0) is 14.9 Å². The summed E-state index contributed by atoms with van der Waals surface area (Å²) in [7, 11) is 0. The van der Waals surface area contributed by atoms with Gasteiger partial charge in [0.15, 0.2) is 0 Å². The molecule has 1 aromatic rings. The van der Waals surface area contributed by atoms with Crippen LogP contribution in [0.1, 0.15) is 36.2 Å². The van der Waals surface area contributed by atoms with Gasteiger partial charge in [-0.1, -0.05) is 26.0 Å². The maximum absolute atomic E-state index is 12.0. The van der Waals surface area contributed by atoms with Gasteiger partial charge in [-0.15, -0.1) is 0 Å². The number of carbonyl (C=O) groups is 2. The van der Waals surface area contributed by atoms with Crippen molar-refractivity contribution in [3.63, 3.8) is 0 Å². The standard InChI is InChI=1S/C16H21NO5/c1-16(2,9-17-14(19)10-6-7-22-8-10)12-5-3-4-11(13(12)18)15(20)21/h3-5,10,18H,6-9H2,1-2H3,(H,17,19)(H,20,21). The fourth-order valence-corrected chi connectivity index (χ4v) is 2.55. The van der Waals surface area contributed by atoms with Gasteiger partial charge in [0.2, 0.25) is 5.91 Å². The Morgan fingerprint density at radius 3 is 2.73 bits per heavy atom. The van der Waals surface area contributed by atoms with Gasteiger partial charge in [-0.25, -0.2) is 4.79 Å². The van der Waals surface area contributed by atoms with Gasteiger partial charge in [0, 0.05) is 24.1 Å². The number of carboxylic acid groups (broad SMARTS) is 1. The molecule has 3 N–H and O–H groups in total. The summed E-state index contributed by atoms with van der Waals surface area (Å²) < 4.78 is 5.19. The Morgan fingerprint density at radius 1 is 1.41 bits per heavy atom. The second-order valence-corrected chi connectivity index (χ2v) is 6.17. The molecule has 0 aliphatic carbocycles. The number of hydrogen-bond acceptors (Lipinski definition) is 4. The summed E-state index contributed by atoms with van der Waals surface area (Å²) >= 11 is 0. The SMILES string of the molecule is CC(C)(CNC(=O)C1CCOC1)c1cccc(C(=O)O)c1O. The third-order valence-electron chi connectivity index (χ3n) is 4.00. The Morgan fingerprint density at radius 2 is 2.14 bits per heavy atom. The van der Waals surface area contributed by atoms with E-state index in [1.165, 1.54) is 6.07 Å². The van der Waals surface area contributed by atoms with E-state index < -0.39 is 11.4 Å². The Kier molecular flexibility index (Phi) is 4.71. The number of aromatic carboxylic acids is 1. The summed E-state index contributed by atoms with van der Waals surface area (Å²) in [4.78, 5) is 23.1. The second-order valence-electron chi connectivity index (χ2n) is 6.17. The lowest BCUT2D eigenvalue weighted by atomic mass is 9.82. The monoisotopic (exact) mass is 307 g/mol. The van der Waals surface area contributed by atoms with Crippen molar-refractivity contribution in [1.82, 2.24) is 5.32 Å². The summed E-state index contributed by atoms with van der Waals surface area (Å²) in [6, 6.07) is 4.62. The molecule has 1 unspecified atom stereocenters. The number of benzene rings is 1. The van der Waals surface area contributed by atoms with E-state index in [-0.39, 0.29) is 23.1 Å². The number of hydrogen-bond donors (Lipinski definition) is 3. The van der Waals surface area contributed by atoms with Crippen LogP contribution in [0.5, 0.6) is 5.75 Å². The fraction of sp³-hybridized carbons (Fsp3) is 0.500. The van der Waals surface area contributed by atoms with E-state index in [0.29, 0.717) is 31.7 Å². The molecule has 0 saturated carbocycles. The lowest BCUT2D eigenvalue weighted by Crippen LogP contribution is -2.40. The number of carbonyl (C=O) groups excluding carboxylic acids is 1. The Hall–Kier alpha value is -2.08. The van der Waals surface area contributed by atoms with Crippen molar-refractivity contribution in [1.29, 1.82) is 0 Å². The molecule has 0 bridgehead atoms. The average Bonchev–Trinajstić information content (AvgIpc) is 2.98. The van der Waals surface area contributed by atoms with Crippen LogP contribution in [0.25, 0.3) is 0 Å². The molecule has 0 spiro atoms. The lowest BCUT2D eigenvalue weighted by Gasteiger charge is -2.27. The molecule has 1 atom stereocenters. The van der Waals surface area contributed by atoms with Crippen LogP contribution in [-0.4, -0.2) is 41.8 Å². The van der Waals surface area contributed by atoms with Crippen LogP contribution >= 0.6 is 0 Å². The highest BCUT2D eigenvalue weighted by molar-refractivity contribution is 5.91. The van der Waals surface area contributed by atoms with E-state index in [1.807, 2.05) is 13.8 Å². The van der Waals surface area contributed by atoms with E-state index in [2.05, 4.69) is 5.32 Å². The van der Waals surface area contributed by atoms with Crippen LogP contribution in [0.15, 0.2) is 18.2 Å². The molecule has 0 aromatic heterocycles. The van der Waals surface area contributed by atoms with Crippen LogP contribution in [0.3, 0.4) is 0 Å². The van der Waals surface area contributed by atoms with E-state index in [9.17, 15) is 14.7 Å². The van der Waals surface area contributed by atoms with E-state index in [4.69, 9.17) is 9.84 Å². The zero-order valence-electron chi connectivity index (χ0n) is 12.8. The molecular formula is C16H21NO5. The highest BCUT2D eigenvalue weighted by atomic mass is 16.5. The number of aromatic hydroxyl groups is 1. The summed E-state index contributed by atoms with van der Waals surface area (Å²) in [6.07, 6.45) is 0.714. The lowest BCUT2D eigenvalue weighted by molar-refractivity contribution is -0.125. The van der Waals surface area contributed by atoms with Crippen molar-refractivity contribution < 1.29 is 24.5 Å². The zero-order valence-corrected chi connectivity index (χ0v) is 12.8. The fourth-order valence-electron chi connectivity index (χ4n) is 2.55. The third-order valence-corrected chi connectivity index (χ3v) is 4.00. The molecular weight excluding hydrogens is 286 g/mol. The largest absolute Gasteiger partial charge is 0.507 e. The van der Waals surface area contributed by atoms with Crippen molar-refractivity contribution in [3.05, 3.63) is 29.3 Å². The summed E-state index contributed by atoms with van der Waals surface area (Å²) in [5, 5.41) is 22.1. The Balaban J connectivity index is 2.11. The third kappa shape index (κ3) is 3.39. The zero-order chi connectivity index (χ0) is 16.3. The first kappa shape index (κ1) is 16.3. The van der Waals surface area contributed by atoms with E-state index in [1.54, 1.807) is 12.1 Å². The molecule has 1 aliphatic rings. The Bertz CT molecular complexity index is 576. The maximum atomic E-state index is 12.0. The van der Waals surface area contributed by atoms with Crippen molar-refractivity contribution in [2.45, 2.75) is 25.7 Å². The first-order valence-corrected chi connectivity index (χ1v) is 7.24. The molecule has 1 aliphatic heterocycles. The molecule has 120 valence electrons. The van der Waals surface area contributed by atoms with Gasteiger partial charge in [-0.3, -0.25) is 4.79 Å². The molecule has 6 nitrogen and oxygen atoms in total. The predicted molar refractivity (Wildman–Crippen MR) is 80.0 cm³/mol. The second kappa shape index (κ2) is 6.36. The number of phenols is 1. The molecule has 2 rings (SSSR count). The smallest absolute Gasteiger partial charge is 0.339 e. The summed E-state index contributed by atoms with van der Waals surface area (Å²) in [5.41, 5.74) is -0.235. The average molecular weight is 307 g/mol. The van der Waals surface area contributed by atoms with Gasteiger partial charge >= 0.3 is 5.97 Å². The first-order chi connectivity index (χ1) is 10.3. The topological polar surface area (TPSA) is 95.9 Å². The molecule has 1 fully saturated rings. The van der Waals surface area contributed by atoms with Gasteiger partial charge in [0.1, 0.15) is 11.3 Å². The van der Waals surface area contributed by atoms with Crippen molar-refractivity contribution in [2.75, 3.05) is 19.8 Å². The van der Waals surface area contributed by atoms with Crippen molar-refractivity contribution >= 4 is 11.9 Å². The molecule has 22 heavy (non-hydrogen) atoms. The van der Waals surface area contributed by atoms with E-state index >= 15 is 0 Å². The van der Waals surface area contributed by atoms with Crippen molar-refractivity contribution in [2.24, 2.45) is 5.92 Å². The van der Waals surface area contributed by atoms with Gasteiger partial charge < -0.3 is 20.3 Å². The highest BCUT2D eigenvalue weighted by Gasteiger charge is 2.29. The molecule has 1 saturated heterocycles. The predicted octanol–water partition coefficient (Wildman–Crippen LogP) is 1.52. The van der Waals surface area contributed by atoms with Gasteiger partial charge in [0.05, 0.1) is 12.5 Å². The molecule has 6 heteroatoms. The number of amides is 1.